The number of carbonyl (C=O) groups excluding carboxylic acids is 2. The van der Waals surface area contributed by atoms with Gasteiger partial charge in [-0.15, -0.1) is 10.2 Å². The Bertz CT molecular complexity index is 1930. The smallest absolute Gasteiger partial charge is 0.309 e. The van der Waals surface area contributed by atoms with Crippen LogP contribution in [0.25, 0.3) is 11.4 Å². The van der Waals surface area contributed by atoms with Crippen molar-refractivity contribution in [3.8, 4) is 11.4 Å². The standard InChI is InChI=1S/C46H65ClN4O5/c1-27(2)37-31(52)24-46(25-35-49-50-39(51(35)23-22-48)28-10-12-29(47)13-11-28)21-20-44(8)30(38(37)46)14-15-33-43(7)18-17-34(56-36(53)26-41(3,4)40(54)55)42(5,6)32(43)16-19-45(33,44)9/h10-13,27,30,32-34H,14-26,48H2,1-9H3,(H,54,55)/t30?,32-,33+,34-,43-,44+,45+,46-/m0/s1. The Balaban J connectivity index is 1.20. The summed E-state index contributed by atoms with van der Waals surface area (Å²) in [4.78, 5) is 39.3. The van der Waals surface area contributed by atoms with Gasteiger partial charge in [0.25, 0.3) is 0 Å². The molecule has 0 spiro atoms. The van der Waals surface area contributed by atoms with Gasteiger partial charge in [0.05, 0.1) is 11.8 Å². The summed E-state index contributed by atoms with van der Waals surface area (Å²) >= 11 is 6.24. The highest BCUT2D eigenvalue weighted by Crippen LogP contribution is 2.77. The van der Waals surface area contributed by atoms with Crippen LogP contribution >= 0.6 is 11.6 Å². The highest BCUT2D eigenvalue weighted by Gasteiger charge is 2.70. The van der Waals surface area contributed by atoms with Crippen LogP contribution in [0, 0.1) is 56.2 Å². The number of nitrogens with zero attached hydrogens (tertiary/aromatic N) is 3. The van der Waals surface area contributed by atoms with Gasteiger partial charge in [-0.05, 0) is 135 Å². The second kappa shape index (κ2) is 14.1. The maximum atomic E-state index is 14.3. The number of ether oxygens (including phenoxy) is 1. The van der Waals surface area contributed by atoms with Gasteiger partial charge in [-0.3, -0.25) is 14.4 Å². The number of carbonyl (C=O) groups is 3. The van der Waals surface area contributed by atoms with E-state index in [1.54, 1.807) is 13.8 Å². The summed E-state index contributed by atoms with van der Waals surface area (Å²) in [5.74, 6) is 1.92. The van der Waals surface area contributed by atoms with E-state index in [9.17, 15) is 19.5 Å². The Kier molecular flexibility index (Phi) is 10.3. The van der Waals surface area contributed by atoms with Gasteiger partial charge >= 0.3 is 11.9 Å². The van der Waals surface area contributed by atoms with Gasteiger partial charge in [0.15, 0.2) is 11.6 Å². The number of aromatic nitrogens is 3. The van der Waals surface area contributed by atoms with E-state index in [4.69, 9.17) is 32.3 Å². The number of aliphatic carboxylic acids is 1. The monoisotopic (exact) mass is 788 g/mol. The topological polar surface area (TPSA) is 137 Å². The van der Waals surface area contributed by atoms with Crippen LogP contribution in [-0.2, 0) is 32.1 Å². The Morgan fingerprint density at radius 2 is 1.66 bits per heavy atom. The molecule has 8 atom stereocenters. The van der Waals surface area contributed by atoms with Gasteiger partial charge in [0, 0.05) is 47.3 Å². The van der Waals surface area contributed by atoms with E-state index in [-0.39, 0.29) is 45.5 Å². The van der Waals surface area contributed by atoms with Crippen LogP contribution in [0.1, 0.15) is 132 Å². The Labute approximate surface area is 338 Å². The summed E-state index contributed by atoms with van der Waals surface area (Å²) in [6.45, 7) is 20.9. The molecule has 0 saturated heterocycles. The predicted molar refractivity (Wildman–Crippen MR) is 219 cm³/mol. The minimum Gasteiger partial charge on any atom is -0.481 e. The second-order valence-electron chi connectivity index (χ2n) is 20.7. The highest BCUT2D eigenvalue weighted by atomic mass is 35.5. The van der Waals surface area contributed by atoms with E-state index < -0.39 is 17.4 Å². The molecule has 1 aromatic carbocycles. The summed E-state index contributed by atoms with van der Waals surface area (Å²) in [7, 11) is 0. The molecule has 7 rings (SSSR count). The molecule has 4 saturated carbocycles. The molecular formula is C46H65ClN4O5. The summed E-state index contributed by atoms with van der Waals surface area (Å²) < 4.78 is 8.37. The minimum atomic E-state index is -1.17. The molecule has 0 bridgehead atoms. The molecule has 56 heavy (non-hydrogen) atoms. The van der Waals surface area contributed by atoms with Crippen molar-refractivity contribution in [3.05, 3.63) is 46.3 Å². The molecule has 1 heterocycles. The first-order valence-electron chi connectivity index (χ1n) is 21.2. The van der Waals surface area contributed by atoms with Crippen LogP contribution in [0.5, 0.6) is 0 Å². The van der Waals surface area contributed by atoms with Crippen molar-refractivity contribution in [2.24, 2.45) is 61.9 Å². The molecule has 5 aliphatic carbocycles. The number of halogens is 1. The third kappa shape index (κ3) is 6.22. The van der Waals surface area contributed by atoms with Crippen molar-refractivity contribution in [2.45, 2.75) is 146 Å². The largest absolute Gasteiger partial charge is 0.481 e. The first kappa shape index (κ1) is 41.1. The van der Waals surface area contributed by atoms with E-state index >= 15 is 0 Å². The number of benzene rings is 1. The fourth-order valence-corrected chi connectivity index (χ4v) is 13.8. The third-order valence-corrected chi connectivity index (χ3v) is 17.0. The van der Waals surface area contributed by atoms with Gasteiger partial charge in [0.2, 0.25) is 0 Å². The summed E-state index contributed by atoms with van der Waals surface area (Å²) in [5.41, 5.74) is 8.09. The quantitative estimate of drug-likeness (QED) is 0.227. The summed E-state index contributed by atoms with van der Waals surface area (Å²) in [6.07, 6.45) is 8.94. The highest BCUT2D eigenvalue weighted by molar-refractivity contribution is 6.30. The fourth-order valence-electron chi connectivity index (χ4n) is 13.7. The average molecular weight is 790 g/mol. The van der Waals surface area contributed by atoms with Crippen molar-refractivity contribution < 1.29 is 24.2 Å². The fraction of sp³-hybridized carbons (Fsp3) is 0.717. The Morgan fingerprint density at radius 3 is 2.30 bits per heavy atom. The SMILES string of the molecule is CC(C)C1=C2C3CC[C@@H]4[C@@]5(C)CC[C@H](OC(=O)CC(C)(C)C(=O)O)C(C)(C)[C@@H]5CC[C@@]4(C)[C@]3(C)CC[C@@]2(Cc2nnc(-c3ccc(Cl)cc3)n2CCN)CC1=O. The molecule has 0 amide bonds. The lowest BCUT2D eigenvalue weighted by atomic mass is 9.33. The van der Waals surface area contributed by atoms with Gasteiger partial charge in [0.1, 0.15) is 11.9 Å². The number of fused-ring (bicyclic) bond motifs is 7. The van der Waals surface area contributed by atoms with Gasteiger partial charge in [-0.25, -0.2) is 0 Å². The molecule has 4 fully saturated rings. The third-order valence-electron chi connectivity index (χ3n) is 16.7. The summed E-state index contributed by atoms with van der Waals surface area (Å²) in [5, 5.41) is 19.9. The molecule has 1 unspecified atom stereocenters. The molecule has 10 heteroatoms. The van der Waals surface area contributed by atoms with E-state index in [0.29, 0.717) is 54.5 Å². The van der Waals surface area contributed by atoms with Gasteiger partial charge in [-0.2, -0.15) is 0 Å². The molecule has 0 radical (unpaired) electrons. The number of rotatable bonds is 10. The zero-order valence-electron chi connectivity index (χ0n) is 35.3. The molecule has 2 aromatic rings. The summed E-state index contributed by atoms with van der Waals surface area (Å²) in [6, 6.07) is 7.71. The molecule has 1 aromatic heterocycles. The molecule has 306 valence electrons. The average Bonchev–Trinajstić information content (AvgIpc) is 3.63. The van der Waals surface area contributed by atoms with Crippen LogP contribution in [0.3, 0.4) is 0 Å². The first-order chi connectivity index (χ1) is 26.1. The lowest BCUT2D eigenvalue weighted by molar-refractivity contribution is -0.233. The van der Waals surface area contributed by atoms with Crippen LogP contribution in [-0.4, -0.2) is 50.2 Å². The van der Waals surface area contributed by atoms with Crippen LogP contribution in [0.2, 0.25) is 5.02 Å². The van der Waals surface area contributed by atoms with Crippen molar-refractivity contribution in [1.29, 1.82) is 0 Å². The number of hydrogen-bond acceptors (Lipinski definition) is 7. The number of Topliss-reactive ketones (excluding diaryl/α,β-unsaturated/α-hetero) is 1. The van der Waals surface area contributed by atoms with Crippen LogP contribution < -0.4 is 5.73 Å². The number of allylic oxidation sites excluding steroid dienone is 2. The number of esters is 1. The molecular weight excluding hydrogens is 724 g/mol. The van der Waals surface area contributed by atoms with Gasteiger partial charge in [-0.1, -0.05) is 65.6 Å². The van der Waals surface area contributed by atoms with E-state index in [1.165, 1.54) is 5.57 Å². The number of nitrogens with two attached hydrogens (primary N) is 1. The van der Waals surface area contributed by atoms with Gasteiger partial charge < -0.3 is 20.1 Å². The Hall–Kier alpha value is -3.04. The van der Waals surface area contributed by atoms with Crippen molar-refractivity contribution in [3.63, 3.8) is 0 Å². The maximum absolute atomic E-state index is 14.3. The lowest BCUT2D eigenvalue weighted by Gasteiger charge is -2.72. The number of ketones is 1. The molecule has 9 nitrogen and oxygen atoms in total. The predicted octanol–water partition coefficient (Wildman–Crippen LogP) is 9.49. The minimum absolute atomic E-state index is 0.0166. The lowest BCUT2D eigenvalue weighted by Crippen LogP contribution is -2.65. The van der Waals surface area contributed by atoms with Crippen molar-refractivity contribution in [2.75, 3.05) is 6.54 Å². The van der Waals surface area contributed by atoms with E-state index in [1.807, 2.05) is 24.3 Å². The van der Waals surface area contributed by atoms with E-state index in [0.717, 1.165) is 74.2 Å². The van der Waals surface area contributed by atoms with Crippen LogP contribution in [0.4, 0.5) is 0 Å². The van der Waals surface area contributed by atoms with Crippen molar-refractivity contribution >= 4 is 29.3 Å². The number of carboxylic acids is 1. The second-order valence-corrected chi connectivity index (χ2v) is 21.2. The number of carboxylic acid groups (broad SMARTS) is 1. The van der Waals surface area contributed by atoms with Crippen molar-refractivity contribution in [1.82, 2.24) is 14.8 Å². The zero-order valence-corrected chi connectivity index (χ0v) is 36.0. The zero-order chi connectivity index (χ0) is 40.8. The maximum Gasteiger partial charge on any atom is 0.309 e. The molecule has 5 aliphatic rings. The Morgan fingerprint density at radius 1 is 0.964 bits per heavy atom. The first-order valence-corrected chi connectivity index (χ1v) is 21.6. The molecule has 0 aliphatic heterocycles. The normalized spacial score (nSPS) is 35.1. The number of hydrogen-bond donors (Lipinski definition) is 2. The van der Waals surface area contributed by atoms with E-state index in [2.05, 4.69) is 53.0 Å². The van der Waals surface area contributed by atoms with Crippen LogP contribution in [0.15, 0.2) is 35.4 Å². The molecule has 3 N–H and O–H groups in total.